The van der Waals surface area contributed by atoms with Gasteiger partial charge in [-0.2, -0.15) is 0 Å². The standard InChI is InChI=1S/C15H11NOS2/c17-10-3-1-9(2-4-10)15-16-14-11-7-8-18-12(11)5-6-13(14)19-15/h1-4,7-8,17H,5-6H2. The molecule has 4 rings (SSSR count). The third-order valence-electron chi connectivity index (χ3n) is 3.39. The Hall–Kier alpha value is -1.65. The van der Waals surface area contributed by atoms with Gasteiger partial charge in [-0.3, -0.25) is 0 Å². The summed E-state index contributed by atoms with van der Waals surface area (Å²) >= 11 is 3.60. The van der Waals surface area contributed by atoms with Crippen molar-refractivity contribution in [2.24, 2.45) is 0 Å². The summed E-state index contributed by atoms with van der Waals surface area (Å²) in [6.07, 6.45) is 2.23. The molecule has 94 valence electrons. The summed E-state index contributed by atoms with van der Waals surface area (Å²) in [5.41, 5.74) is 3.55. The lowest BCUT2D eigenvalue weighted by Gasteiger charge is -2.09. The van der Waals surface area contributed by atoms with Crippen LogP contribution in [0.1, 0.15) is 9.75 Å². The van der Waals surface area contributed by atoms with Crippen molar-refractivity contribution in [1.29, 1.82) is 0 Å². The van der Waals surface area contributed by atoms with Crippen LogP contribution in [0.15, 0.2) is 35.7 Å². The van der Waals surface area contributed by atoms with E-state index in [9.17, 15) is 5.11 Å². The molecule has 2 nitrogen and oxygen atoms in total. The van der Waals surface area contributed by atoms with Crippen LogP contribution in [0.25, 0.3) is 21.8 Å². The van der Waals surface area contributed by atoms with Crippen LogP contribution in [0.5, 0.6) is 5.75 Å². The van der Waals surface area contributed by atoms with Crippen molar-refractivity contribution < 1.29 is 5.11 Å². The van der Waals surface area contributed by atoms with Gasteiger partial charge >= 0.3 is 0 Å². The summed E-state index contributed by atoms with van der Waals surface area (Å²) in [4.78, 5) is 7.64. The average Bonchev–Trinajstić information content (AvgIpc) is 3.04. The van der Waals surface area contributed by atoms with E-state index in [0.717, 1.165) is 29.1 Å². The van der Waals surface area contributed by atoms with E-state index in [1.165, 1.54) is 15.3 Å². The fraction of sp³-hybridized carbons (Fsp3) is 0.133. The molecule has 0 atom stereocenters. The molecular formula is C15H11NOS2. The molecule has 0 radical (unpaired) electrons. The van der Waals surface area contributed by atoms with Crippen molar-refractivity contribution in [2.75, 3.05) is 0 Å². The highest BCUT2D eigenvalue weighted by atomic mass is 32.1. The zero-order valence-electron chi connectivity index (χ0n) is 10.1. The molecule has 0 spiro atoms. The van der Waals surface area contributed by atoms with E-state index in [4.69, 9.17) is 4.98 Å². The largest absolute Gasteiger partial charge is 0.508 e. The van der Waals surface area contributed by atoms with Crippen molar-refractivity contribution in [2.45, 2.75) is 12.8 Å². The lowest BCUT2D eigenvalue weighted by atomic mass is 10.0. The molecule has 1 N–H and O–H groups in total. The minimum atomic E-state index is 0.296. The maximum absolute atomic E-state index is 9.35. The number of rotatable bonds is 1. The molecule has 0 fully saturated rings. The van der Waals surface area contributed by atoms with Crippen LogP contribution in [0, 0.1) is 0 Å². The highest BCUT2D eigenvalue weighted by molar-refractivity contribution is 7.15. The molecule has 0 aliphatic heterocycles. The lowest BCUT2D eigenvalue weighted by molar-refractivity contribution is 0.475. The fourth-order valence-corrected chi connectivity index (χ4v) is 4.39. The van der Waals surface area contributed by atoms with Gasteiger partial charge in [0.15, 0.2) is 0 Å². The number of aryl methyl sites for hydroxylation is 2. The van der Waals surface area contributed by atoms with Gasteiger partial charge in [0.05, 0.1) is 5.69 Å². The Morgan fingerprint density at radius 1 is 1.00 bits per heavy atom. The summed E-state index contributed by atoms with van der Waals surface area (Å²) in [6.45, 7) is 0. The van der Waals surface area contributed by atoms with Crippen molar-refractivity contribution >= 4 is 22.7 Å². The third kappa shape index (κ3) is 1.79. The Kier molecular flexibility index (Phi) is 2.47. The van der Waals surface area contributed by atoms with Crippen molar-refractivity contribution in [1.82, 2.24) is 4.98 Å². The normalized spacial score (nSPS) is 13.1. The Morgan fingerprint density at radius 3 is 2.63 bits per heavy atom. The van der Waals surface area contributed by atoms with Crippen molar-refractivity contribution in [3.63, 3.8) is 0 Å². The molecule has 19 heavy (non-hydrogen) atoms. The van der Waals surface area contributed by atoms with E-state index in [1.807, 2.05) is 23.5 Å². The van der Waals surface area contributed by atoms with Gasteiger partial charge in [0.1, 0.15) is 10.8 Å². The Balaban J connectivity index is 1.84. The highest BCUT2D eigenvalue weighted by Gasteiger charge is 2.22. The molecule has 2 heterocycles. The molecule has 0 saturated heterocycles. The number of aromatic hydroxyl groups is 1. The Morgan fingerprint density at radius 2 is 1.79 bits per heavy atom. The van der Waals surface area contributed by atoms with Gasteiger partial charge in [-0.1, -0.05) is 0 Å². The number of thiazole rings is 1. The second kappa shape index (κ2) is 4.18. The number of phenolic OH excluding ortho intramolecular Hbond substituents is 1. The molecule has 1 aliphatic rings. The summed E-state index contributed by atoms with van der Waals surface area (Å²) in [5.74, 6) is 0.296. The predicted octanol–water partition coefficient (Wildman–Crippen LogP) is 4.34. The first-order valence-corrected chi connectivity index (χ1v) is 7.87. The first kappa shape index (κ1) is 11.2. The van der Waals surface area contributed by atoms with Crippen LogP contribution in [-0.4, -0.2) is 10.1 Å². The minimum absolute atomic E-state index is 0.296. The zero-order valence-corrected chi connectivity index (χ0v) is 11.7. The number of nitrogens with zero attached hydrogens (tertiary/aromatic N) is 1. The SMILES string of the molecule is Oc1ccc(-c2nc3c(s2)CCc2sccc2-3)cc1. The molecule has 3 aromatic rings. The number of hydrogen-bond acceptors (Lipinski definition) is 4. The molecule has 1 aliphatic carbocycles. The molecular weight excluding hydrogens is 274 g/mol. The Bertz CT molecular complexity index is 740. The van der Waals surface area contributed by atoms with Gasteiger partial charge in [0.2, 0.25) is 0 Å². The van der Waals surface area contributed by atoms with Gasteiger partial charge in [-0.15, -0.1) is 22.7 Å². The summed E-state index contributed by atoms with van der Waals surface area (Å²) in [5, 5.41) is 12.6. The van der Waals surface area contributed by atoms with Crippen LogP contribution < -0.4 is 0 Å². The topological polar surface area (TPSA) is 33.1 Å². The van der Waals surface area contributed by atoms with Gasteiger partial charge < -0.3 is 5.11 Å². The zero-order chi connectivity index (χ0) is 12.8. The first-order chi connectivity index (χ1) is 9.31. The van der Waals surface area contributed by atoms with Gasteiger partial charge in [0, 0.05) is 20.9 Å². The van der Waals surface area contributed by atoms with E-state index in [0.29, 0.717) is 5.75 Å². The second-order valence-corrected chi connectivity index (χ2v) is 6.68. The van der Waals surface area contributed by atoms with E-state index < -0.39 is 0 Å². The molecule has 2 aromatic heterocycles. The number of phenols is 1. The van der Waals surface area contributed by atoms with Crippen molar-refractivity contribution in [3.8, 4) is 27.6 Å². The third-order valence-corrected chi connectivity index (χ3v) is 5.54. The van der Waals surface area contributed by atoms with E-state index in [2.05, 4.69) is 11.4 Å². The molecule has 0 amide bonds. The monoisotopic (exact) mass is 285 g/mol. The minimum Gasteiger partial charge on any atom is -0.508 e. The molecule has 0 unspecified atom stereocenters. The maximum Gasteiger partial charge on any atom is 0.124 e. The number of thiophene rings is 1. The van der Waals surface area contributed by atoms with Crippen LogP contribution in [0.4, 0.5) is 0 Å². The fourth-order valence-electron chi connectivity index (χ4n) is 2.43. The molecule has 1 aromatic carbocycles. The first-order valence-electron chi connectivity index (χ1n) is 6.17. The predicted molar refractivity (Wildman–Crippen MR) is 79.9 cm³/mol. The smallest absolute Gasteiger partial charge is 0.124 e. The van der Waals surface area contributed by atoms with E-state index >= 15 is 0 Å². The van der Waals surface area contributed by atoms with Crippen LogP contribution in [-0.2, 0) is 12.8 Å². The number of aromatic nitrogens is 1. The number of hydrogen-bond donors (Lipinski definition) is 1. The van der Waals surface area contributed by atoms with Crippen LogP contribution in [0.2, 0.25) is 0 Å². The summed E-state index contributed by atoms with van der Waals surface area (Å²) in [7, 11) is 0. The highest BCUT2D eigenvalue weighted by Crippen LogP contribution is 2.41. The lowest BCUT2D eigenvalue weighted by Crippen LogP contribution is -1.97. The second-order valence-electron chi connectivity index (χ2n) is 4.60. The summed E-state index contributed by atoms with van der Waals surface area (Å²) in [6, 6.07) is 9.46. The van der Waals surface area contributed by atoms with Crippen LogP contribution >= 0.6 is 22.7 Å². The molecule has 4 heteroatoms. The van der Waals surface area contributed by atoms with Gasteiger partial charge in [0.25, 0.3) is 0 Å². The van der Waals surface area contributed by atoms with E-state index in [-0.39, 0.29) is 0 Å². The quantitative estimate of drug-likeness (QED) is 0.721. The van der Waals surface area contributed by atoms with Gasteiger partial charge in [-0.25, -0.2) is 4.98 Å². The molecule has 0 bridgehead atoms. The molecule has 0 saturated carbocycles. The maximum atomic E-state index is 9.35. The number of benzene rings is 1. The summed E-state index contributed by atoms with van der Waals surface area (Å²) < 4.78 is 0. The van der Waals surface area contributed by atoms with E-state index in [1.54, 1.807) is 23.5 Å². The number of fused-ring (bicyclic) bond motifs is 3. The van der Waals surface area contributed by atoms with Gasteiger partial charge in [-0.05, 0) is 48.6 Å². The van der Waals surface area contributed by atoms with Crippen LogP contribution in [0.3, 0.4) is 0 Å². The average molecular weight is 285 g/mol. The Labute approximate surface area is 119 Å². The van der Waals surface area contributed by atoms with Crippen molar-refractivity contribution in [3.05, 3.63) is 45.5 Å².